The number of aromatic nitrogens is 3. The van der Waals surface area contributed by atoms with Crippen molar-refractivity contribution in [2.45, 2.75) is 27.3 Å². The van der Waals surface area contributed by atoms with E-state index in [0.717, 1.165) is 6.54 Å². The van der Waals surface area contributed by atoms with Gasteiger partial charge in [-0.3, -0.25) is 0 Å². The lowest BCUT2D eigenvalue weighted by Crippen LogP contribution is -2.15. The van der Waals surface area contributed by atoms with Crippen LogP contribution < -0.4 is 0 Å². The molecule has 0 unspecified atom stereocenters. The Labute approximate surface area is 334 Å². The maximum atomic E-state index is 2.50. The summed E-state index contributed by atoms with van der Waals surface area (Å²) in [5.74, 6) is 0. The first kappa shape index (κ1) is 32.6. The van der Waals surface area contributed by atoms with E-state index >= 15 is 0 Å². The second-order valence-corrected chi connectivity index (χ2v) is 17.9. The minimum atomic E-state index is 0.161. The molecule has 0 aliphatic heterocycles. The molecule has 0 amide bonds. The molecule has 0 saturated heterocycles. The second-order valence-electron chi connectivity index (χ2n) is 16.8. The Kier molecular flexibility index (Phi) is 6.83. The molecule has 8 aromatic carbocycles. The van der Waals surface area contributed by atoms with Crippen LogP contribution in [0.15, 0.2) is 170 Å². The molecule has 3 nitrogen and oxygen atoms in total. The molecule has 0 atom stereocenters. The van der Waals surface area contributed by atoms with Crippen molar-refractivity contribution in [1.82, 2.24) is 13.7 Å². The van der Waals surface area contributed by atoms with E-state index in [0.29, 0.717) is 0 Å². The summed E-state index contributed by atoms with van der Waals surface area (Å²) < 4.78 is 10.1. The smallest absolute Gasteiger partial charge is 0.0541 e. The van der Waals surface area contributed by atoms with Crippen LogP contribution in [0.2, 0.25) is 0 Å². The van der Waals surface area contributed by atoms with E-state index in [2.05, 4.69) is 204 Å². The van der Waals surface area contributed by atoms with Crippen LogP contribution in [0, 0.1) is 5.41 Å². The molecule has 12 aromatic rings. The first-order valence-corrected chi connectivity index (χ1v) is 20.7. The predicted molar refractivity (Wildman–Crippen MR) is 246 cm³/mol. The summed E-state index contributed by atoms with van der Waals surface area (Å²) in [6.45, 7) is 7.92. The molecule has 0 spiro atoms. The van der Waals surface area contributed by atoms with Gasteiger partial charge in [-0.25, -0.2) is 0 Å². The highest BCUT2D eigenvalue weighted by Gasteiger charge is 2.20. The molecule has 57 heavy (non-hydrogen) atoms. The summed E-state index contributed by atoms with van der Waals surface area (Å²) in [5, 5.41) is 10.3. The zero-order chi connectivity index (χ0) is 38.0. The fourth-order valence-corrected chi connectivity index (χ4v) is 10.6. The van der Waals surface area contributed by atoms with Gasteiger partial charge in [0.05, 0.1) is 22.1 Å². The minimum absolute atomic E-state index is 0.161. The maximum Gasteiger partial charge on any atom is 0.0541 e. The Morgan fingerprint density at radius 2 is 0.789 bits per heavy atom. The Balaban J connectivity index is 1.01. The van der Waals surface area contributed by atoms with Crippen molar-refractivity contribution in [3.63, 3.8) is 0 Å². The van der Waals surface area contributed by atoms with Crippen molar-refractivity contribution in [3.05, 3.63) is 170 Å². The van der Waals surface area contributed by atoms with E-state index in [-0.39, 0.29) is 5.41 Å². The van der Waals surface area contributed by atoms with Gasteiger partial charge >= 0.3 is 0 Å². The van der Waals surface area contributed by atoms with Gasteiger partial charge in [-0.15, -0.1) is 11.3 Å². The van der Waals surface area contributed by atoms with Gasteiger partial charge < -0.3 is 13.7 Å². The Morgan fingerprint density at radius 1 is 0.368 bits per heavy atom. The maximum absolute atomic E-state index is 2.50. The molecule has 0 N–H and O–H groups in total. The van der Waals surface area contributed by atoms with Crippen LogP contribution in [-0.4, -0.2) is 13.7 Å². The highest BCUT2D eigenvalue weighted by Crippen LogP contribution is 2.41. The summed E-state index contributed by atoms with van der Waals surface area (Å²) in [5.41, 5.74) is 12.4. The zero-order valence-corrected chi connectivity index (χ0v) is 32.9. The third kappa shape index (κ3) is 4.90. The van der Waals surface area contributed by atoms with E-state index in [1.807, 2.05) is 11.3 Å². The fraction of sp³-hybridized carbons (Fsp3) is 0.0943. The molecule has 272 valence electrons. The van der Waals surface area contributed by atoms with Crippen molar-refractivity contribution >= 4 is 96.9 Å². The summed E-state index contributed by atoms with van der Waals surface area (Å²) in [4.78, 5) is 0. The van der Waals surface area contributed by atoms with E-state index in [4.69, 9.17) is 0 Å². The van der Waals surface area contributed by atoms with Gasteiger partial charge in [-0.1, -0.05) is 106 Å². The highest BCUT2D eigenvalue weighted by atomic mass is 32.1. The Bertz CT molecular complexity index is 3600. The monoisotopic (exact) mass is 749 g/mol. The molecule has 0 fully saturated rings. The van der Waals surface area contributed by atoms with Crippen LogP contribution >= 0.6 is 11.3 Å². The molecule has 0 aliphatic rings. The molecule has 0 radical (unpaired) electrons. The van der Waals surface area contributed by atoms with Gasteiger partial charge in [0.1, 0.15) is 0 Å². The second kappa shape index (κ2) is 11.9. The number of fused-ring (bicyclic) bond motifs is 12. The standard InChI is InChI=1S/C53H39N3S/c1-53(2,3)32-54-45-16-8-4-12-37(45)43-30-35(22-26-46(43)54)55-47-17-9-5-13-38(47)41-28-33(20-24-49(41)55)34-21-25-50-42(29-34)39-14-6-10-18-48(39)56(50)36-23-27-52-44(31-36)40-15-7-11-19-51(40)57-52/h4-31H,32H2,1-3H3. The lowest BCUT2D eigenvalue weighted by Gasteiger charge is -2.21. The van der Waals surface area contributed by atoms with Crippen molar-refractivity contribution in [1.29, 1.82) is 0 Å². The highest BCUT2D eigenvalue weighted by molar-refractivity contribution is 7.25. The lowest BCUT2D eigenvalue weighted by atomic mass is 9.97. The summed E-state index contributed by atoms with van der Waals surface area (Å²) in [7, 11) is 0. The van der Waals surface area contributed by atoms with Crippen LogP contribution in [0.4, 0.5) is 0 Å². The van der Waals surface area contributed by atoms with Crippen LogP contribution in [0.25, 0.3) is 108 Å². The molecule has 4 heterocycles. The topological polar surface area (TPSA) is 14.8 Å². The van der Waals surface area contributed by atoms with Crippen LogP contribution in [0.3, 0.4) is 0 Å². The largest absolute Gasteiger partial charge is 0.340 e. The van der Waals surface area contributed by atoms with Crippen molar-refractivity contribution in [2.75, 3.05) is 0 Å². The quantitative estimate of drug-likeness (QED) is 0.170. The third-order valence-electron chi connectivity index (χ3n) is 11.9. The normalized spacial score (nSPS) is 12.5. The number of rotatable bonds is 4. The van der Waals surface area contributed by atoms with Crippen LogP contribution in [0.1, 0.15) is 20.8 Å². The number of hydrogen-bond donors (Lipinski definition) is 0. The summed E-state index contributed by atoms with van der Waals surface area (Å²) in [6.07, 6.45) is 0. The Morgan fingerprint density at radius 3 is 1.40 bits per heavy atom. The van der Waals surface area contributed by atoms with Gasteiger partial charge in [-0.2, -0.15) is 0 Å². The van der Waals surface area contributed by atoms with Crippen LogP contribution in [0.5, 0.6) is 0 Å². The molecule has 0 aliphatic carbocycles. The molecule has 0 bridgehead atoms. The molecule has 12 rings (SSSR count). The average Bonchev–Trinajstić information content (AvgIpc) is 3.96. The number of para-hydroxylation sites is 3. The molecular formula is C53H39N3S. The molecule has 4 heteroatoms. The summed E-state index contributed by atoms with van der Waals surface area (Å²) >= 11 is 1.87. The van der Waals surface area contributed by atoms with Crippen LogP contribution in [-0.2, 0) is 6.54 Å². The van der Waals surface area contributed by atoms with Crippen molar-refractivity contribution < 1.29 is 0 Å². The van der Waals surface area contributed by atoms with Crippen molar-refractivity contribution in [3.8, 4) is 22.5 Å². The lowest BCUT2D eigenvalue weighted by molar-refractivity contribution is 0.354. The molecular weight excluding hydrogens is 711 g/mol. The Hall–Kier alpha value is -6.62. The van der Waals surface area contributed by atoms with Gasteiger partial charge in [0.15, 0.2) is 0 Å². The summed E-state index contributed by atoms with van der Waals surface area (Å²) in [6, 6.07) is 63.4. The fourth-order valence-electron chi connectivity index (χ4n) is 9.54. The SMILES string of the molecule is CC(C)(C)Cn1c2ccccc2c2cc(-n3c4ccccc4c4cc(-c5ccc6c(c5)c5ccccc5n6-c5ccc6sc7ccccc7c6c5)ccc43)ccc21. The average molecular weight is 750 g/mol. The first-order valence-electron chi connectivity index (χ1n) is 19.9. The van der Waals surface area contributed by atoms with E-state index in [1.54, 1.807) is 0 Å². The van der Waals surface area contributed by atoms with Gasteiger partial charge in [0.2, 0.25) is 0 Å². The number of hydrogen-bond acceptors (Lipinski definition) is 1. The van der Waals surface area contributed by atoms with Crippen molar-refractivity contribution in [2.24, 2.45) is 5.41 Å². The first-order chi connectivity index (χ1) is 27.9. The number of thiophene rings is 1. The molecule has 0 saturated carbocycles. The van der Waals surface area contributed by atoms with Gasteiger partial charge in [0.25, 0.3) is 0 Å². The van der Waals surface area contributed by atoms with E-state index in [9.17, 15) is 0 Å². The van der Waals surface area contributed by atoms with E-state index in [1.165, 1.54) is 108 Å². The number of nitrogens with zero attached hydrogens (tertiary/aromatic N) is 3. The predicted octanol–water partition coefficient (Wildman–Crippen LogP) is 15.1. The molecule has 4 aromatic heterocycles. The third-order valence-corrected chi connectivity index (χ3v) is 13.1. The zero-order valence-electron chi connectivity index (χ0n) is 32.1. The van der Waals surface area contributed by atoms with Gasteiger partial charge in [0, 0.05) is 81.4 Å². The van der Waals surface area contributed by atoms with E-state index < -0.39 is 0 Å². The van der Waals surface area contributed by atoms with Gasteiger partial charge in [-0.05, 0) is 101 Å². The minimum Gasteiger partial charge on any atom is -0.340 e. The number of benzene rings is 8.